The van der Waals surface area contributed by atoms with Crippen LogP contribution in [0.1, 0.15) is 15.9 Å². The Hall–Kier alpha value is -2.11. The maximum atomic E-state index is 12.1. The number of nitrogens with zero attached hydrogens (tertiary/aromatic N) is 2. The molecule has 0 saturated carbocycles. The first-order chi connectivity index (χ1) is 11.1. The van der Waals surface area contributed by atoms with E-state index >= 15 is 0 Å². The van der Waals surface area contributed by atoms with E-state index in [9.17, 15) is 4.79 Å². The smallest absolute Gasteiger partial charge is 0.255 e. The van der Waals surface area contributed by atoms with Crippen LogP contribution in [0.5, 0.6) is 0 Å². The number of halogens is 2. The van der Waals surface area contributed by atoms with E-state index in [0.29, 0.717) is 22.8 Å². The van der Waals surface area contributed by atoms with Crippen LogP contribution in [-0.2, 0) is 6.54 Å². The Morgan fingerprint density at radius 1 is 1.13 bits per heavy atom. The molecule has 6 heteroatoms. The minimum Gasteiger partial charge on any atom is -0.319 e. The highest BCUT2D eigenvalue weighted by atomic mass is 79.9. The van der Waals surface area contributed by atoms with Crippen LogP contribution >= 0.6 is 27.5 Å². The predicted molar refractivity (Wildman–Crippen MR) is 94.9 cm³/mol. The molecule has 0 spiro atoms. The molecule has 3 aromatic rings. The number of anilines is 1. The molecule has 0 saturated heterocycles. The second-order valence-electron chi connectivity index (χ2n) is 5.01. The lowest BCUT2D eigenvalue weighted by Gasteiger charge is -2.03. The number of aromatic nitrogens is 2. The van der Waals surface area contributed by atoms with Crippen molar-refractivity contribution >= 4 is 39.1 Å². The number of carbonyl (C=O) groups is 1. The highest BCUT2D eigenvalue weighted by Gasteiger charge is 2.07. The predicted octanol–water partition coefficient (Wildman–Crippen LogP) is 4.60. The van der Waals surface area contributed by atoms with Crippen LogP contribution < -0.4 is 5.32 Å². The van der Waals surface area contributed by atoms with Gasteiger partial charge in [0.2, 0.25) is 0 Å². The summed E-state index contributed by atoms with van der Waals surface area (Å²) in [5.74, 6) is -0.190. The maximum absolute atomic E-state index is 12.1. The first kappa shape index (κ1) is 15.8. The zero-order valence-electron chi connectivity index (χ0n) is 12.0. The standard InChI is InChI=1S/C17H13BrClN3O/c18-14-5-1-12(2-6-14)10-22-11-16(9-20-22)21-17(23)13-3-7-15(19)8-4-13/h1-9,11H,10H2,(H,21,23). The topological polar surface area (TPSA) is 46.9 Å². The van der Waals surface area contributed by atoms with Gasteiger partial charge in [-0.25, -0.2) is 0 Å². The van der Waals surface area contributed by atoms with Crippen LogP contribution in [0.2, 0.25) is 5.02 Å². The summed E-state index contributed by atoms with van der Waals surface area (Å²) in [7, 11) is 0. The number of benzene rings is 2. The lowest BCUT2D eigenvalue weighted by atomic mass is 10.2. The van der Waals surface area contributed by atoms with Crippen molar-refractivity contribution in [1.29, 1.82) is 0 Å². The molecule has 0 unspecified atom stereocenters. The summed E-state index contributed by atoms with van der Waals surface area (Å²) in [5, 5.41) is 7.68. The van der Waals surface area contributed by atoms with E-state index in [0.717, 1.165) is 10.0 Å². The SMILES string of the molecule is O=C(Nc1cnn(Cc2ccc(Br)cc2)c1)c1ccc(Cl)cc1. The number of hydrogen-bond donors (Lipinski definition) is 1. The second kappa shape index (κ2) is 6.98. The normalized spacial score (nSPS) is 10.5. The van der Waals surface area contributed by atoms with E-state index in [2.05, 4.69) is 26.3 Å². The van der Waals surface area contributed by atoms with E-state index < -0.39 is 0 Å². The first-order valence-corrected chi connectivity index (χ1v) is 8.11. The van der Waals surface area contributed by atoms with Gasteiger partial charge in [0.05, 0.1) is 18.4 Å². The van der Waals surface area contributed by atoms with Crippen molar-refractivity contribution in [3.05, 3.63) is 81.5 Å². The Morgan fingerprint density at radius 2 is 1.83 bits per heavy atom. The molecular formula is C17H13BrClN3O. The third-order valence-electron chi connectivity index (χ3n) is 3.26. The molecule has 3 rings (SSSR count). The van der Waals surface area contributed by atoms with Gasteiger partial charge >= 0.3 is 0 Å². The molecule has 0 atom stereocenters. The van der Waals surface area contributed by atoms with Gasteiger partial charge in [0.1, 0.15) is 0 Å². The molecule has 1 N–H and O–H groups in total. The molecule has 23 heavy (non-hydrogen) atoms. The van der Waals surface area contributed by atoms with E-state index in [-0.39, 0.29) is 5.91 Å². The van der Waals surface area contributed by atoms with Crippen molar-refractivity contribution in [2.45, 2.75) is 6.54 Å². The van der Waals surface area contributed by atoms with E-state index in [1.165, 1.54) is 0 Å². The van der Waals surface area contributed by atoms with Gasteiger partial charge in [-0.05, 0) is 42.0 Å². The quantitative estimate of drug-likeness (QED) is 0.708. The Balaban J connectivity index is 1.66. The van der Waals surface area contributed by atoms with Gasteiger partial charge in [-0.15, -0.1) is 0 Å². The van der Waals surface area contributed by atoms with Crippen LogP contribution in [0.25, 0.3) is 0 Å². The third-order valence-corrected chi connectivity index (χ3v) is 4.04. The fourth-order valence-corrected chi connectivity index (χ4v) is 2.49. The van der Waals surface area contributed by atoms with E-state index in [1.807, 2.05) is 24.3 Å². The first-order valence-electron chi connectivity index (χ1n) is 6.94. The van der Waals surface area contributed by atoms with Crippen LogP contribution in [0.3, 0.4) is 0 Å². The average Bonchev–Trinajstić information content (AvgIpc) is 2.97. The second-order valence-corrected chi connectivity index (χ2v) is 6.37. The van der Waals surface area contributed by atoms with Gasteiger partial charge < -0.3 is 5.32 Å². The summed E-state index contributed by atoms with van der Waals surface area (Å²) in [6.07, 6.45) is 3.43. The van der Waals surface area contributed by atoms with Crippen LogP contribution in [0.15, 0.2) is 65.4 Å². The molecular weight excluding hydrogens is 378 g/mol. The van der Waals surface area contributed by atoms with Crippen molar-refractivity contribution in [2.75, 3.05) is 5.32 Å². The van der Waals surface area contributed by atoms with Gasteiger partial charge in [0, 0.05) is 21.3 Å². The van der Waals surface area contributed by atoms with Gasteiger partial charge in [0.15, 0.2) is 0 Å². The number of carbonyl (C=O) groups excluding carboxylic acids is 1. The molecule has 0 aliphatic carbocycles. The molecule has 0 radical (unpaired) electrons. The summed E-state index contributed by atoms with van der Waals surface area (Å²) in [6, 6.07) is 14.8. The summed E-state index contributed by atoms with van der Waals surface area (Å²) in [4.78, 5) is 12.1. The molecule has 1 heterocycles. The molecule has 1 aromatic heterocycles. The van der Waals surface area contributed by atoms with Crippen molar-refractivity contribution < 1.29 is 4.79 Å². The molecule has 0 bridgehead atoms. The van der Waals surface area contributed by atoms with Gasteiger partial charge in [-0.2, -0.15) is 5.10 Å². The average molecular weight is 391 g/mol. The summed E-state index contributed by atoms with van der Waals surface area (Å²) in [5.41, 5.74) is 2.34. The number of amides is 1. The van der Waals surface area contributed by atoms with Gasteiger partial charge in [-0.3, -0.25) is 9.48 Å². The lowest BCUT2D eigenvalue weighted by Crippen LogP contribution is -2.11. The van der Waals surface area contributed by atoms with Gasteiger partial charge in [-0.1, -0.05) is 39.7 Å². The Kier molecular flexibility index (Phi) is 4.79. The maximum Gasteiger partial charge on any atom is 0.255 e. The van der Waals surface area contributed by atoms with E-state index in [4.69, 9.17) is 11.6 Å². The van der Waals surface area contributed by atoms with Crippen LogP contribution in [0, 0.1) is 0 Å². The summed E-state index contributed by atoms with van der Waals surface area (Å²) < 4.78 is 2.82. The molecule has 0 aliphatic rings. The minimum atomic E-state index is -0.190. The molecule has 1 amide bonds. The molecule has 2 aromatic carbocycles. The summed E-state index contributed by atoms with van der Waals surface area (Å²) >= 11 is 9.23. The third kappa shape index (κ3) is 4.21. The number of hydrogen-bond acceptors (Lipinski definition) is 2. The monoisotopic (exact) mass is 389 g/mol. The Labute approximate surface area is 147 Å². The molecule has 0 aliphatic heterocycles. The summed E-state index contributed by atoms with van der Waals surface area (Å²) in [6.45, 7) is 0.643. The van der Waals surface area contributed by atoms with Crippen molar-refractivity contribution in [1.82, 2.24) is 9.78 Å². The van der Waals surface area contributed by atoms with Crippen molar-refractivity contribution in [2.24, 2.45) is 0 Å². The highest BCUT2D eigenvalue weighted by Crippen LogP contribution is 2.14. The highest BCUT2D eigenvalue weighted by molar-refractivity contribution is 9.10. The number of rotatable bonds is 4. The number of nitrogens with one attached hydrogen (secondary N) is 1. The molecule has 4 nitrogen and oxygen atoms in total. The van der Waals surface area contributed by atoms with Crippen LogP contribution in [-0.4, -0.2) is 15.7 Å². The Bertz CT molecular complexity index is 813. The van der Waals surface area contributed by atoms with Crippen molar-refractivity contribution in [3.8, 4) is 0 Å². The van der Waals surface area contributed by atoms with Crippen molar-refractivity contribution in [3.63, 3.8) is 0 Å². The van der Waals surface area contributed by atoms with E-state index in [1.54, 1.807) is 41.3 Å². The Morgan fingerprint density at radius 3 is 2.52 bits per heavy atom. The largest absolute Gasteiger partial charge is 0.319 e. The fourth-order valence-electron chi connectivity index (χ4n) is 2.10. The zero-order chi connectivity index (χ0) is 16.2. The lowest BCUT2D eigenvalue weighted by molar-refractivity contribution is 0.102. The molecule has 0 fully saturated rings. The molecule has 116 valence electrons. The zero-order valence-corrected chi connectivity index (χ0v) is 14.4. The van der Waals surface area contributed by atoms with Gasteiger partial charge in [0.25, 0.3) is 5.91 Å². The fraction of sp³-hybridized carbons (Fsp3) is 0.0588. The minimum absolute atomic E-state index is 0.190. The van der Waals surface area contributed by atoms with Crippen LogP contribution in [0.4, 0.5) is 5.69 Å².